The lowest BCUT2D eigenvalue weighted by molar-refractivity contribution is 0.206. The molecular formula is C14H19NS. The second kappa shape index (κ2) is 5.01. The van der Waals surface area contributed by atoms with Gasteiger partial charge in [-0.25, -0.2) is 0 Å². The summed E-state index contributed by atoms with van der Waals surface area (Å²) in [4.78, 5) is 0. The summed E-state index contributed by atoms with van der Waals surface area (Å²) in [5.74, 6) is 0.822. The molecule has 0 unspecified atom stereocenters. The largest absolute Gasteiger partial charge is 0.198 e. The van der Waals surface area contributed by atoms with Crippen LogP contribution in [0, 0.1) is 22.7 Å². The van der Waals surface area contributed by atoms with Crippen LogP contribution in [0.2, 0.25) is 0 Å². The third-order valence-corrected chi connectivity index (χ3v) is 4.67. The molecule has 0 N–H and O–H groups in total. The van der Waals surface area contributed by atoms with Gasteiger partial charge in [-0.05, 0) is 66.8 Å². The Balaban J connectivity index is 1.93. The SMILES string of the molecule is CC1CCC(C#N)(CCc2ccsc2)CC1. The van der Waals surface area contributed by atoms with Crippen LogP contribution in [0.1, 0.15) is 44.6 Å². The Morgan fingerprint density at radius 3 is 2.81 bits per heavy atom. The predicted octanol–water partition coefficient (Wildman–Crippen LogP) is 4.40. The van der Waals surface area contributed by atoms with E-state index in [1.54, 1.807) is 11.3 Å². The van der Waals surface area contributed by atoms with E-state index in [1.807, 2.05) is 0 Å². The van der Waals surface area contributed by atoms with Gasteiger partial charge in [0.05, 0.1) is 11.5 Å². The summed E-state index contributed by atoms with van der Waals surface area (Å²) in [6.45, 7) is 2.31. The molecule has 0 spiro atoms. The van der Waals surface area contributed by atoms with Crippen LogP contribution in [-0.2, 0) is 6.42 Å². The Morgan fingerprint density at radius 2 is 2.25 bits per heavy atom. The first-order valence-electron chi connectivity index (χ1n) is 6.16. The Bertz CT molecular complexity index is 353. The van der Waals surface area contributed by atoms with Crippen molar-refractivity contribution in [2.75, 3.05) is 0 Å². The van der Waals surface area contributed by atoms with Crippen LogP contribution in [0.5, 0.6) is 0 Å². The van der Waals surface area contributed by atoms with Gasteiger partial charge >= 0.3 is 0 Å². The monoisotopic (exact) mass is 233 g/mol. The summed E-state index contributed by atoms with van der Waals surface area (Å²) in [6.07, 6.45) is 6.80. The van der Waals surface area contributed by atoms with Crippen molar-refractivity contribution in [2.45, 2.75) is 45.4 Å². The third-order valence-electron chi connectivity index (χ3n) is 3.94. The molecule has 1 nitrogen and oxygen atoms in total. The van der Waals surface area contributed by atoms with Crippen molar-refractivity contribution in [1.29, 1.82) is 5.26 Å². The number of nitriles is 1. The van der Waals surface area contributed by atoms with Crippen molar-refractivity contribution in [3.05, 3.63) is 22.4 Å². The summed E-state index contributed by atoms with van der Waals surface area (Å²) in [5, 5.41) is 13.7. The summed E-state index contributed by atoms with van der Waals surface area (Å²) in [7, 11) is 0. The van der Waals surface area contributed by atoms with E-state index >= 15 is 0 Å². The Hall–Kier alpha value is -0.810. The van der Waals surface area contributed by atoms with E-state index in [-0.39, 0.29) is 5.41 Å². The summed E-state index contributed by atoms with van der Waals surface area (Å²) in [5.41, 5.74) is 1.38. The van der Waals surface area contributed by atoms with Crippen molar-refractivity contribution in [3.8, 4) is 6.07 Å². The zero-order chi connectivity index (χ0) is 11.4. The lowest BCUT2D eigenvalue weighted by Crippen LogP contribution is -2.25. The Kier molecular flexibility index (Phi) is 3.66. The maximum atomic E-state index is 9.41. The van der Waals surface area contributed by atoms with Crippen LogP contribution < -0.4 is 0 Å². The molecule has 0 atom stereocenters. The molecule has 2 rings (SSSR count). The van der Waals surface area contributed by atoms with Crippen molar-refractivity contribution < 1.29 is 0 Å². The van der Waals surface area contributed by atoms with Crippen LogP contribution in [0.4, 0.5) is 0 Å². The molecule has 0 bridgehead atoms. The lowest BCUT2D eigenvalue weighted by Gasteiger charge is -2.33. The molecule has 1 aromatic heterocycles. The molecule has 86 valence electrons. The molecule has 0 radical (unpaired) electrons. The van der Waals surface area contributed by atoms with Gasteiger partial charge in [0.1, 0.15) is 0 Å². The number of hydrogen-bond acceptors (Lipinski definition) is 2. The fourth-order valence-corrected chi connectivity index (χ4v) is 3.25. The molecule has 0 aromatic carbocycles. The molecule has 16 heavy (non-hydrogen) atoms. The van der Waals surface area contributed by atoms with Gasteiger partial charge in [-0.2, -0.15) is 16.6 Å². The van der Waals surface area contributed by atoms with Crippen molar-refractivity contribution >= 4 is 11.3 Å². The fourth-order valence-electron chi connectivity index (χ4n) is 2.55. The second-order valence-electron chi connectivity index (χ2n) is 5.21. The molecule has 1 fully saturated rings. The van der Waals surface area contributed by atoms with Gasteiger partial charge in [0, 0.05) is 0 Å². The minimum atomic E-state index is -0.0194. The topological polar surface area (TPSA) is 23.8 Å². The first-order valence-corrected chi connectivity index (χ1v) is 7.11. The van der Waals surface area contributed by atoms with Crippen LogP contribution in [0.25, 0.3) is 0 Å². The predicted molar refractivity (Wildman–Crippen MR) is 68.3 cm³/mol. The summed E-state index contributed by atoms with van der Waals surface area (Å²) >= 11 is 1.75. The maximum absolute atomic E-state index is 9.41. The van der Waals surface area contributed by atoms with E-state index in [4.69, 9.17) is 0 Å². The van der Waals surface area contributed by atoms with E-state index < -0.39 is 0 Å². The molecule has 0 saturated heterocycles. The van der Waals surface area contributed by atoms with E-state index in [2.05, 4.69) is 29.8 Å². The minimum Gasteiger partial charge on any atom is -0.198 e. The normalized spacial score (nSPS) is 29.9. The van der Waals surface area contributed by atoms with Crippen LogP contribution in [-0.4, -0.2) is 0 Å². The number of aryl methyl sites for hydroxylation is 1. The second-order valence-corrected chi connectivity index (χ2v) is 5.99. The molecule has 1 heterocycles. The molecule has 0 aliphatic heterocycles. The highest BCUT2D eigenvalue weighted by molar-refractivity contribution is 7.07. The van der Waals surface area contributed by atoms with Gasteiger partial charge < -0.3 is 0 Å². The highest BCUT2D eigenvalue weighted by Crippen LogP contribution is 2.41. The number of thiophene rings is 1. The molecule has 2 heteroatoms. The Labute approximate surface area is 102 Å². The standard InChI is InChI=1S/C14H19NS/c1-12-2-6-14(11-15,7-3-12)8-4-13-5-9-16-10-13/h5,9-10,12H,2-4,6-8H2,1H3. The van der Waals surface area contributed by atoms with Gasteiger partial charge in [-0.15, -0.1) is 0 Å². The molecule has 1 saturated carbocycles. The molecular weight excluding hydrogens is 214 g/mol. The van der Waals surface area contributed by atoms with Gasteiger partial charge in [0.15, 0.2) is 0 Å². The van der Waals surface area contributed by atoms with E-state index in [0.29, 0.717) is 0 Å². The highest BCUT2D eigenvalue weighted by atomic mass is 32.1. The third kappa shape index (κ3) is 2.65. The first-order chi connectivity index (χ1) is 7.74. The smallest absolute Gasteiger partial charge is 0.0689 e. The zero-order valence-electron chi connectivity index (χ0n) is 9.91. The number of rotatable bonds is 3. The van der Waals surface area contributed by atoms with Crippen LogP contribution >= 0.6 is 11.3 Å². The van der Waals surface area contributed by atoms with Gasteiger partial charge in [0.2, 0.25) is 0 Å². The molecule has 1 aliphatic rings. The van der Waals surface area contributed by atoms with Crippen LogP contribution in [0.15, 0.2) is 16.8 Å². The van der Waals surface area contributed by atoms with E-state index in [1.165, 1.54) is 18.4 Å². The summed E-state index contributed by atoms with van der Waals surface area (Å²) < 4.78 is 0. The van der Waals surface area contributed by atoms with Crippen LogP contribution in [0.3, 0.4) is 0 Å². The van der Waals surface area contributed by atoms with E-state index in [9.17, 15) is 5.26 Å². The van der Waals surface area contributed by atoms with E-state index in [0.717, 1.165) is 31.6 Å². The van der Waals surface area contributed by atoms with Gasteiger partial charge in [0.25, 0.3) is 0 Å². The lowest BCUT2D eigenvalue weighted by atomic mass is 9.69. The van der Waals surface area contributed by atoms with Gasteiger partial charge in [-0.3, -0.25) is 0 Å². The quantitative estimate of drug-likeness (QED) is 0.759. The Morgan fingerprint density at radius 1 is 1.50 bits per heavy atom. The maximum Gasteiger partial charge on any atom is 0.0689 e. The van der Waals surface area contributed by atoms with Gasteiger partial charge in [-0.1, -0.05) is 6.92 Å². The summed E-state index contributed by atoms with van der Waals surface area (Å²) in [6, 6.07) is 4.79. The highest BCUT2D eigenvalue weighted by Gasteiger charge is 2.33. The van der Waals surface area contributed by atoms with Crippen molar-refractivity contribution in [1.82, 2.24) is 0 Å². The fraction of sp³-hybridized carbons (Fsp3) is 0.643. The zero-order valence-corrected chi connectivity index (χ0v) is 10.7. The van der Waals surface area contributed by atoms with Crippen molar-refractivity contribution in [2.24, 2.45) is 11.3 Å². The minimum absolute atomic E-state index is 0.0194. The number of hydrogen-bond donors (Lipinski definition) is 0. The number of nitrogens with zero attached hydrogens (tertiary/aromatic N) is 1. The molecule has 0 amide bonds. The average Bonchev–Trinajstić information content (AvgIpc) is 2.82. The molecule has 1 aliphatic carbocycles. The average molecular weight is 233 g/mol. The van der Waals surface area contributed by atoms with Crippen molar-refractivity contribution in [3.63, 3.8) is 0 Å². The first kappa shape index (κ1) is 11.7. The molecule has 1 aromatic rings.